The molecule has 1 aliphatic heterocycles. The van der Waals surface area contributed by atoms with Gasteiger partial charge in [-0.2, -0.15) is 0 Å². The van der Waals surface area contributed by atoms with Gasteiger partial charge in [0.1, 0.15) is 0 Å². The molecule has 0 spiro atoms. The second-order valence-corrected chi connectivity index (χ2v) is 8.23. The number of amides is 2. The summed E-state index contributed by atoms with van der Waals surface area (Å²) in [5.41, 5.74) is 1.79. The lowest BCUT2D eigenvalue weighted by molar-refractivity contribution is -0.139. The number of carbonyl (C=O) groups excluding carboxylic acids is 2. The molecule has 2 N–H and O–H groups in total. The number of urea groups is 1. The van der Waals surface area contributed by atoms with Gasteiger partial charge in [0.2, 0.25) is 0 Å². The van der Waals surface area contributed by atoms with E-state index in [-0.39, 0.29) is 12.6 Å². The first kappa shape index (κ1) is 20.4. The van der Waals surface area contributed by atoms with Crippen LogP contribution in [0.15, 0.2) is 53.7 Å². The van der Waals surface area contributed by atoms with Gasteiger partial charge in [-0.3, -0.25) is 4.90 Å². The highest BCUT2D eigenvalue weighted by atomic mass is 35.5. The Bertz CT molecular complexity index is 882. The largest absolute Gasteiger partial charge is 0.463 e. The van der Waals surface area contributed by atoms with Crippen LogP contribution in [0.1, 0.15) is 23.4 Å². The van der Waals surface area contributed by atoms with E-state index in [4.69, 9.17) is 16.3 Å². The number of hydrogen-bond acceptors (Lipinski definition) is 5. The number of nitrogens with zero attached hydrogens (tertiary/aromatic N) is 1. The van der Waals surface area contributed by atoms with Gasteiger partial charge < -0.3 is 15.4 Å². The molecule has 0 aliphatic carbocycles. The Morgan fingerprint density at radius 3 is 2.61 bits per heavy atom. The second kappa shape index (κ2) is 9.23. The van der Waals surface area contributed by atoms with Gasteiger partial charge in [-0.25, -0.2) is 9.59 Å². The number of nitrogens with one attached hydrogen (secondary N) is 2. The molecule has 2 aromatic rings. The number of thiophene rings is 1. The maximum Gasteiger partial charge on any atom is 0.338 e. The summed E-state index contributed by atoms with van der Waals surface area (Å²) < 4.78 is 6.01. The predicted molar refractivity (Wildman–Crippen MR) is 110 cm³/mol. The van der Waals surface area contributed by atoms with Crippen molar-refractivity contribution in [3.63, 3.8) is 0 Å². The molecular weight excluding hydrogens is 398 g/mol. The molecule has 2 heterocycles. The fourth-order valence-corrected chi connectivity index (χ4v) is 4.28. The Morgan fingerprint density at radius 2 is 1.96 bits per heavy atom. The first-order chi connectivity index (χ1) is 13.5. The number of likely N-dealkylation sites (N-methyl/N-ethyl adjacent to an activating group) is 1. The highest BCUT2D eigenvalue weighted by Gasteiger charge is 2.33. The van der Waals surface area contributed by atoms with Crippen molar-refractivity contribution in [2.24, 2.45) is 0 Å². The van der Waals surface area contributed by atoms with Gasteiger partial charge in [0.25, 0.3) is 0 Å². The molecule has 0 radical (unpaired) electrons. The number of ether oxygens (including phenoxy) is 1. The average Bonchev–Trinajstić information content (AvgIpc) is 3.06. The molecule has 1 atom stereocenters. The fourth-order valence-electron chi connectivity index (χ4n) is 3.12. The van der Waals surface area contributed by atoms with Crippen LogP contribution in [-0.4, -0.2) is 37.1 Å². The second-order valence-electron chi connectivity index (χ2n) is 6.43. The SMILES string of the molecule is CCOC(=O)C1=C(CN(C)Cc2ccc(Cl)s2)NC(=O)NC1c1ccccc1. The maximum atomic E-state index is 12.7. The van der Waals surface area contributed by atoms with Crippen LogP contribution < -0.4 is 10.6 Å². The van der Waals surface area contributed by atoms with Crippen LogP contribution >= 0.6 is 22.9 Å². The summed E-state index contributed by atoms with van der Waals surface area (Å²) in [6, 6.07) is 12.3. The van der Waals surface area contributed by atoms with Crippen LogP contribution in [0.4, 0.5) is 4.79 Å². The number of benzene rings is 1. The van der Waals surface area contributed by atoms with Gasteiger partial charge in [0.05, 0.1) is 22.6 Å². The van der Waals surface area contributed by atoms with Crippen molar-refractivity contribution in [3.8, 4) is 0 Å². The lowest BCUT2D eigenvalue weighted by Gasteiger charge is -2.31. The van der Waals surface area contributed by atoms with Gasteiger partial charge in [0.15, 0.2) is 0 Å². The van der Waals surface area contributed by atoms with Crippen LogP contribution in [0.2, 0.25) is 4.34 Å². The van der Waals surface area contributed by atoms with Gasteiger partial charge in [0, 0.05) is 23.7 Å². The van der Waals surface area contributed by atoms with E-state index in [9.17, 15) is 9.59 Å². The van der Waals surface area contributed by atoms with Gasteiger partial charge in [-0.1, -0.05) is 41.9 Å². The number of esters is 1. The quantitative estimate of drug-likeness (QED) is 0.671. The summed E-state index contributed by atoms with van der Waals surface area (Å²) in [7, 11) is 1.93. The molecule has 8 heteroatoms. The van der Waals surface area contributed by atoms with Crippen LogP contribution in [0.25, 0.3) is 0 Å². The van der Waals surface area contributed by atoms with Crippen molar-refractivity contribution in [2.75, 3.05) is 20.2 Å². The fraction of sp³-hybridized carbons (Fsp3) is 0.300. The molecule has 1 aromatic carbocycles. The molecular formula is C20H22ClN3O3S. The average molecular weight is 420 g/mol. The number of hydrogen-bond donors (Lipinski definition) is 2. The Labute approximate surface area is 173 Å². The number of carbonyl (C=O) groups is 2. The predicted octanol–water partition coefficient (Wildman–Crippen LogP) is 3.70. The zero-order valence-corrected chi connectivity index (χ0v) is 17.3. The third-order valence-corrected chi connectivity index (χ3v) is 5.48. The summed E-state index contributed by atoms with van der Waals surface area (Å²) in [6.07, 6.45) is 0. The van der Waals surface area contributed by atoms with Crippen molar-refractivity contribution in [2.45, 2.75) is 19.5 Å². The third-order valence-electron chi connectivity index (χ3n) is 4.26. The van der Waals surface area contributed by atoms with Crippen LogP contribution in [0, 0.1) is 0 Å². The number of rotatable bonds is 7. The van der Waals surface area contributed by atoms with Gasteiger partial charge in [-0.05, 0) is 31.7 Å². The molecule has 6 nitrogen and oxygen atoms in total. The molecule has 0 saturated heterocycles. The molecule has 0 saturated carbocycles. The standard InChI is InChI=1S/C20H22ClN3O3S/c1-3-27-19(25)17-15(12-24(2)11-14-9-10-16(21)28-14)22-20(26)23-18(17)13-7-5-4-6-8-13/h4-10,18H,3,11-12H2,1-2H3,(H2,22,23,26). The zero-order valence-electron chi connectivity index (χ0n) is 15.7. The Kier molecular flexibility index (Phi) is 6.72. The molecule has 148 valence electrons. The van der Waals surface area contributed by atoms with E-state index in [1.807, 2.05) is 54.4 Å². The summed E-state index contributed by atoms with van der Waals surface area (Å²) in [6.45, 7) is 3.06. The van der Waals surface area contributed by atoms with E-state index in [0.29, 0.717) is 24.4 Å². The van der Waals surface area contributed by atoms with E-state index in [1.54, 1.807) is 6.92 Å². The molecule has 0 bridgehead atoms. The van der Waals surface area contributed by atoms with E-state index in [2.05, 4.69) is 10.6 Å². The third kappa shape index (κ3) is 4.92. The molecule has 2 amide bonds. The summed E-state index contributed by atoms with van der Waals surface area (Å²) in [5, 5.41) is 5.63. The van der Waals surface area contributed by atoms with Crippen molar-refractivity contribution in [3.05, 3.63) is 68.5 Å². The van der Waals surface area contributed by atoms with E-state index < -0.39 is 12.0 Å². The smallest absolute Gasteiger partial charge is 0.338 e. The first-order valence-corrected chi connectivity index (χ1v) is 10.1. The Balaban J connectivity index is 1.91. The van der Waals surface area contributed by atoms with Crippen LogP contribution in [0.5, 0.6) is 0 Å². The van der Waals surface area contributed by atoms with E-state index in [0.717, 1.165) is 14.8 Å². The number of halogens is 1. The minimum atomic E-state index is -0.561. The van der Waals surface area contributed by atoms with Crippen LogP contribution in [-0.2, 0) is 16.1 Å². The van der Waals surface area contributed by atoms with Crippen molar-refractivity contribution in [1.82, 2.24) is 15.5 Å². The molecule has 0 fully saturated rings. The topological polar surface area (TPSA) is 70.7 Å². The highest BCUT2D eigenvalue weighted by Crippen LogP contribution is 2.28. The molecule has 1 unspecified atom stereocenters. The maximum absolute atomic E-state index is 12.7. The molecule has 28 heavy (non-hydrogen) atoms. The molecule has 1 aromatic heterocycles. The highest BCUT2D eigenvalue weighted by molar-refractivity contribution is 7.16. The van der Waals surface area contributed by atoms with Crippen molar-refractivity contribution >= 4 is 34.9 Å². The van der Waals surface area contributed by atoms with E-state index in [1.165, 1.54) is 11.3 Å². The lowest BCUT2D eigenvalue weighted by Crippen LogP contribution is -2.48. The summed E-state index contributed by atoms with van der Waals surface area (Å²) in [4.78, 5) is 28.1. The zero-order chi connectivity index (χ0) is 20.1. The monoisotopic (exact) mass is 419 g/mol. The minimum absolute atomic E-state index is 0.259. The lowest BCUT2D eigenvalue weighted by atomic mass is 9.95. The Hall–Kier alpha value is -2.35. The van der Waals surface area contributed by atoms with Gasteiger partial charge in [-0.15, -0.1) is 11.3 Å². The molecule has 1 aliphatic rings. The summed E-state index contributed by atoms with van der Waals surface area (Å²) >= 11 is 7.51. The normalized spacial score (nSPS) is 16.7. The summed E-state index contributed by atoms with van der Waals surface area (Å²) in [5.74, 6) is -0.438. The first-order valence-electron chi connectivity index (χ1n) is 8.93. The van der Waals surface area contributed by atoms with E-state index >= 15 is 0 Å². The Morgan fingerprint density at radius 1 is 1.21 bits per heavy atom. The van der Waals surface area contributed by atoms with Crippen molar-refractivity contribution < 1.29 is 14.3 Å². The minimum Gasteiger partial charge on any atom is -0.463 e. The van der Waals surface area contributed by atoms with Crippen LogP contribution in [0.3, 0.4) is 0 Å². The van der Waals surface area contributed by atoms with Gasteiger partial charge >= 0.3 is 12.0 Å². The molecule has 3 rings (SSSR count). The van der Waals surface area contributed by atoms with Crippen molar-refractivity contribution in [1.29, 1.82) is 0 Å².